The fourth-order valence-corrected chi connectivity index (χ4v) is 2.30. The van der Waals surface area contributed by atoms with Crippen molar-refractivity contribution in [2.75, 3.05) is 13.1 Å². The van der Waals surface area contributed by atoms with Crippen LogP contribution in [0.25, 0.3) is 0 Å². The van der Waals surface area contributed by atoms with E-state index < -0.39 is 6.36 Å². The summed E-state index contributed by atoms with van der Waals surface area (Å²) in [7, 11) is 0. The highest BCUT2D eigenvalue weighted by Crippen LogP contribution is 2.25. The summed E-state index contributed by atoms with van der Waals surface area (Å²) in [5, 5.41) is 3.30. The van der Waals surface area contributed by atoms with Gasteiger partial charge in [-0.2, -0.15) is 0 Å². The van der Waals surface area contributed by atoms with E-state index in [2.05, 4.69) is 10.1 Å². The molecule has 1 aromatic rings. The number of hydrogen-bond acceptors (Lipinski definition) is 2. The molecule has 5 heteroatoms. The van der Waals surface area contributed by atoms with Gasteiger partial charge in [0.15, 0.2) is 0 Å². The first-order chi connectivity index (χ1) is 8.53. The molecule has 1 heterocycles. The molecule has 0 saturated carbocycles. The highest BCUT2D eigenvalue weighted by atomic mass is 19.4. The zero-order chi connectivity index (χ0) is 13.0. The van der Waals surface area contributed by atoms with Gasteiger partial charge in [-0.05, 0) is 56.0 Å². The number of nitrogens with one attached hydrogen (secondary N) is 1. The number of piperidine rings is 1. The molecule has 18 heavy (non-hydrogen) atoms. The first-order valence-corrected chi connectivity index (χ1v) is 6.08. The second kappa shape index (κ2) is 5.61. The average molecular weight is 259 g/mol. The lowest BCUT2D eigenvalue weighted by molar-refractivity contribution is -0.274. The summed E-state index contributed by atoms with van der Waals surface area (Å²) in [6.07, 6.45) is -1.58. The molecule has 0 aliphatic carbocycles. The van der Waals surface area contributed by atoms with Crippen molar-refractivity contribution in [2.45, 2.75) is 25.6 Å². The summed E-state index contributed by atoms with van der Waals surface area (Å²) < 4.78 is 40.2. The predicted molar refractivity (Wildman–Crippen MR) is 62.4 cm³/mol. The Hall–Kier alpha value is -1.23. The van der Waals surface area contributed by atoms with E-state index in [0.29, 0.717) is 5.92 Å². The summed E-state index contributed by atoms with van der Waals surface area (Å²) >= 11 is 0. The zero-order valence-electron chi connectivity index (χ0n) is 9.96. The third-order valence-electron chi connectivity index (χ3n) is 3.06. The minimum absolute atomic E-state index is 0.135. The van der Waals surface area contributed by atoms with Crippen molar-refractivity contribution < 1.29 is 17.9 Å². The lowest BCUT2D eigenvalue weighted by Crippen LogP contribution is -2.30. The van der Waals surface area contributed by atoms with Gasteiger partial charge in [-0.25, -0.2) is 0 Å². The molecule has 1 aliphatic heterocycles. The number of ether oxygens (including phenoxy) is 1. The average Bonchev–Trinajstić information content (AvgIpc) is 2.28. The number of alkyl halides is 3. The van der Waals surface area contributed by atoms with E-state index in [1.807, 2.05) is 6.07 Å². The van der Waals surface area contributed by atoms with E-state index in [4.69, 9.17) is 0 Å². The molecule has 1 N–H and O–H groups in total. The smallest absolute Gasteiger partial charge is 0.406 e. The quantitative estimate of drug-likeness (QED) is 0.900. The normalized spacial score (nSPS) is 20.7. The van der Waals surface area contributed by atoms with Crippen LogP contribution in [0.5, 0.6) is 5.75 Å². The second-order valence-corrected chi connectivity index (χ2v) is 4.61. The van der Waals surface area contributed by atoms with Gasteiger partial charge in [-0.3, -0.25) is 0 Å². The van der Waals surface area contributed by atoms with Gasteiger partial charge in [-0.1, -0.05) is 12.1 Å². The van der Waals surface area contributed by atoms with Gasteiger partial charge >= 0.3 is 6.36 Å². The molecule has 1 aliphatic rings. The van der Waals surface area contributed by atoms with Gasteiger partial charge in [0.05, 0.1) is 0 Å². The van der Waals surface area contributed by atoms with Crippen LogP contribution >= 0.6 is 0 Å². The summed E-state index contributed by atoms with van der Waals surface area (Å²) in [5.41, 5.74) is 0.894. The van der Waals surface area contributed by atoms with E-state index >= 15 is 0 Å². The van der Waals surface area contributed by atoms with E-state index in [9.17, 15) is 13.2 Å². The van der Waals surface area contributed by atoms with Crippen molar-refractivity contribution in [3.63, 3.8) is 0 Å². The van der Waals surface area contributed by atoms with Crippen LogP contribution in [0.1, 0.15) is 18.4 Å². The number of hydrogen-bond donors (Lipinski definition) is 1. The fourth-order valence-electron chi connectivity index (χ4n) is 2.30. The molecule has 1 atom stereocenters. The molecule has 1 saturated heterocycles. The van der Waals surface area contributed by atoms with Gasteiger partial charge in [0.1, 0.15) is 5.75 Å². The largest absolute Gasteiger partial charge is 0.573 e. The van der Waals surface area contributed by atoms with Crippen LogP contribution in [-0.4, -0.2) is 19.5 Å². The Labute approximate surface area is 104 Å². The van der Waals surface area contributed by atoms with E-state index in [1.54, 1.807) is 6.07 Å². The topological polar surface area (TPSA) is 21.3 Å². The SMILES string of the molecule is FC(F)(F)Oc1cccc(CC2CCCNC2)c1. The van der Waals surface area contributed by atoms with Crippen LogP contribution in [0.2, 0.25) is 0 Å². The molecule has 2 rings (SSSR count). The van der Waals surface area contributed by atoms with Crippen LogP contribution in [0, 0.1) is 5.92 Å². The molecule has 2 nitrogen and oxygen atoms in total. The van der Waals surface area contributed by atoms with Gasteiger partial charge in [0.25, 0.3) is 0 Å². The molecule has 100 valence electrons. The standard InChI is InChI=1S/C13H16F3NO/c14-13(15,16)18-12-5-1-3-10(8-12)7-11-4-2-6-17-9-11/h1,3,5,8,11,17H,2,4,6-7,9H2. The van der Waals surface area contributed by atoms with Crippen molar-refractivity contribution >= 4 is 0 Å². The van der Waals surface area contributed by atoms with Crippen molar-refractivity contribution in [3.8, 4) is 5.75 Å². The maximum Gasteiger partial charge on any atom is 0.573 e. The lowest BCUT2D eigenvalue weighted by Gasteiger charge is -2.22. The molecule has 1 fully saturated rings. The lowest BCUT2D eigenvalue weighted by atomic mass is 9.92. The molecule has 1 unspecified atom stereocenters. The summed E-state index contributed by atoms with van der Waals surface area (Å²) in [4.78, 5) is 0. The Morgan fingerprint density at radius 1 is 1.33 bits per heavy atom. The summed E-state index contributed by atoms with van der Waals surface area (Å²) in [6, 6.07) is 6.25. The van der Waals surface area contributed by atoms with Gasteiger partial charge in [-0.15, -0.1) is 13.2 Å². The Morgan fingerprint density at radius 2 is 2.17 bits per heavy atom. The first kappa shape index (κ1) is 13.2. The van der Waals surface area contributed by atoms with Crippen molar-refractivity contribution in [1.82, 2.24) is 5.32 Å². The highest BCUT2D eigenvalue weighted by Gasteiger charge is 2.31. The van der Waals surface area contributed by atoms with Crippen molar-refractivity contribution in [2.24, 2.45) is 5.92 Å². The molecule has 0 bridgehead atoms. The Morgan fingerprint density at radius 3 is 2.83 bits per heavy atom. The molecule has 0 spiro atoms. The van der Waals surface area contributed by atoms with Crippen molar-refractivity contribution in [1.29, 1.82) is 0 Å². The predicted octanol–water partition coefficient (Wildman–Crippen LogP) is 3.13. The first-order valence-electron chi connectivity index (χ1n) is 6.08. The highest BCUT2D eigenvalue weighted by molar-refractivity contribution is 5.29. The Bertz CT molecular complexity index is 386. The second-order valence-electron chi connectivity index (χ2n) is 4.61. The van der Waals surface area contributed by atoms with E-state index in [0.717, 1.165) is 37.9 Å². The van der Waals surface area contributed by atoms with Crippen LogP contribution in [0.15, 0.2) is 24.3 Å². The maximum absolute atomic E-state index is 12.1. The molecule has 0 radical (unpaired) electrons. The van der Waals surface area contributed by atoms with E-state index in [1.165, 1.54) is 12.1 Å². The third-order valence-corrected chi connectivity index (χ3v) is 3.06. The number of rotatable bonds is 3. The van der Waals surface area contributed by atoms with Crippen LogP contribution in [0.4, 0.5) is 13.2 Å². The zero-order valence-corrected chi connectivity index (χ0v) is 9.96. The molecular formula is C13H16F3NO. The third kappa shape index (κ3) is 4.22. The monoisotopic (exact) mass is 259 g/mol. The summed E-state index contributed by atoms with van der Waals surface area (Å²) in [6.45, 7) is 1.97. The Kier molecular flexibility index (Phi) is 4.11. The van der Waals surface area contributed by atoms with Crippen molar-refractivity contribution in [3.05, 3.63) is 29.8 Å². The molecule has 0 amide bonds. The molecular weight excluding hydrogens is 243 g/mol. The Balaban J connectivity index is 1.98. The number of benzene rings is 1. The van der Waals surface area contributed by atoms with Gasteiger partial charge in [0.2, 0.25) is 0 Å². The maximum atomic E-state index is 12.1. The molecule has 1 aromatic carbocycles. The van der Waals surface area contributed by atoms with Gasteiger partial charge in [0, 0.05) is 0 Å². The fraction of sp³-hybridized carbons (Fsp3) is 0.538. The van der Waals surface area contributed by atoms with Crippen LogP contribution in [0.3, 0.4) is 0 Å². The number of halogens is 3. The minimum atomic E-state index is -4.62. The van der Waals surface area contributed by atoms with E-state index in [-0.39, 0.29) is 5.75 Å². The minimum Gasteiger partial charge on any atom is -0.406 e. The summed E-state index contributed by atoms with van der Waals surface area (Å²) in [5.74, 6) is 0.364. The van der Waals surface area contributed by atoms with Crippen LogP contribution < -0.4 is 10.1 Å². The molecule has 0 aromatic heterocycles. The van der Waals surface area contributed by atoms with Crippen LogP contribution in [-0.2, 0) is 6.42 Å². The van der Waals surface area contributed by atoms with Gasteiger partial charge < -0.3 is 10.1 Å².